The first-order valence-electron chi connectivity index (χ1n) is 9.60. The van der Waals surface area contributed by atoms with Crippen LogP contribution in [0.1, 0.15) is 44.9 Å². The first-order valence-corrected chi connectivity index (χ1v) is 11.8. The van der Waals surface area contributed by atoms with Crippen LogP contribution in [0.4, 0.5) is 0 Å². The third-order valence-electron chi connectivity index (χ3n) is 5.63. The average molecular weight is 409 g/mol. The van der Waals surface area contributed by atoms with Gasteiger partial charge < -0.3 is 5.32 Å². The number of carbonyl (C=O) groups excluding carboxylic acids is 1. The number of fused-ring (bicyclic) bond motifs is 2. The molecule has 0 spiro atoms. The summed E-state index contributed by atoms with van der Waals surface area (Å²) in [5, 5.41) is 3.01. The molecule has 1 N–H and O–H groups in total. The Morgan fingerprint density at radius 2 is 1.93 bits per heavy atom. The van der Waals surface area contributed by atoms with Crippen molar-refractivity contribution in [1.82, 2.24) is 18.4 Å². The largest absolute Gasteiger partial charge is 0.356 e. The molecule has 7 nitrogen and oxygen atoms in total. The van der Waals surface area contributed by atoms with Crippen molar-refractivity contribution in [2.75, 3.05) is 13.1 Å². The number of nitrogens with zero attached hydrogens (tertiary/aromatic N) is 3. The molecular weight excluding hydrogens is 384 g/mol. The molecule has 0 bridgehead atoms. The van der Waals surface area contributed by atoms with E-state index in [9.17, 15) is 13.2 Å². The number of benzene rings is 1. The van der Waals surface area contributed by atoms with E-state index in [0.29, 0.717) is 24.1 Å². The van der Waals surface area contributed by atoms with Gasteiger partial charge in [-0.2, -0.15) is 13.1 Å². The monoisotopic (exact) mass is 408 g/mol. The highest BCUT2D eigenvalue weighted by Crippen LogP contribution is 2.35. The molecule has 9 heteroatoms. The second kappa shape index (κ2) is 7.81. The van der Waals surface area contributed by atoms with E-state index in [-0.39, 0.29) is 22.8 Å². The van der Waals surface area contributed by atoms with Crippen LogP contribution in [0, 0.1) is 5.92 Å². The second-order valence-corrected chi connectivity index (χ2v) is 9.70. The third kappa shape index (κ3) is 3.60. The van der Waals surface area contributed by atoms with Crippen LogP contribution in [0.5, 0.6) is 0 Å². The first-order chi connectivity index (χ1) is 13.1. The molecule has 1 amide bonds. The number of hydrogen-bond acceptors (Lipinski definition) is 6. The highest BCUT2D eigenvalue weighted by molar-refractivity contribution is 7.89. The molecule has 1 saturated carbocycles. The minimum atomic E-state index is -3.76. The molecule has 27 heavy (non-hydrogen) atoms. The fraction of sp³-hybridized carbons (Fsp3) is 0.611. The van der Waals surface area contributed by atoms with Gasteiger partial charge in [0, 0.05) is 19.1 Å². The third-order valence-corrected chi connectivity index (χ3v) is 8.12. The molecule has 146 valence electrons. The van der Waals surface area contributed by atoms with Gasteiger partial charge in [-0.1, -0.05) is 25.3 Å². The number of nitrogens with one attached hydrogen (secondary N) is 1. The minimum absolute atomic E-state index is 0.00636. The van der Waals surface area contributed by atoms with E-state index in [1.807, 2.05) is 0 Å². The summed E-state index contributed by atoms with van der Waals surface area (Å²) in [6, 6.07) is 4.81. The number of sulfonamides is 1. The van der Waals surface area contributed by atoms with Crippen LogP contribution in [-0.2, 0) is 14.8 Å². The summed E-state index contributed by atoms with van der Waals surface area (Å²) >= 11 is 1.02. The van der Waals surface area contributed by atoms with E-state index in [1.54, 1.807) is 22.5 Å². The zero-order chi connectivity index (χ0) is 18.9. The van der Waals surface area contributed by atoms with Gasteiger partial charge >= 0.3 is 0 Å². The van der Waals surface area contributed by atoms with E-state index in [1.165, 1.54) is 0 Å². The maximum atomic E-state index is 13.6. The maximum Gasteiger partial charge on any atom is 0.245 e. The molecule has 2 atom stereocenters. The number of amides is 1. The Morgan fingerprint density at radius 3 is 2.81 bits per heavy atom. The Kier molecular flexibility index (Phi) is 5.43. The van der Waals surface area contributed by atoms with E-state index >= 15 is 0 Å². The van der Waals surface area contributed by atoms with E-state index < -0.39 is 10.0 Å². The highest BCUT2D eigenvalue weighted by atomic mass is 32.2. The molecule has 4 rings (SSSR count). The van der Waals surface area contributed by atoms with Crippen LogP contribution in [0.2, 0.25) is 0 Å². The topological polar surface area (TPSA) is 92.3 Å². The summed E-state index contributed by atoms with van der Waals surface area (Å²) in [5.41, 5.74) is 1.02. The standard InChI is InChI=1S/C18H24N4O3S2/c23-18-13-7-5-9-15(13)22(12-4-2-1-3-11-19-18)27(24,25)16-10-6-8-14-17(16)21-26-20-14/h6,8,10,13,15H,1-5,7,9,11-12H2,(H,19,23)/t13-,15+/m1/s1. The average Bonchev–Trinajstić information content (AvgIpc) is 3.31. The Hall–Kier alpha value is -1.58. The van der Waals surface area contributed by atoms with Gasteiger partial charge in [0.2, 0.25) is 15.9 Å². The van der Waals surface area contributed by atoms with E-state index in [2.05, 4.69) is 14.1 Å². The number of aromatic nitrogens is 2. The van der Waals surface area contributed by atoms with Crippen LogP contribution in [0.25, 0.3) is 11.0 Å². The molecule has 1 aromatic heterocycles. The van der Waals surface area contributed by atoms with Crippen LogP contribution in [-0.4, -0.2) is 46.5 Å². The van der Waals surface area contributed by atoms with Gasteiger partial charge in [-0.15, -0.1) is 0 Å². The van der Waals surface area contributed by atoms with Gasteiger partial charge in [0.05, 0.1) is 17.6 Å². The minimum Gasteiger partial charge on any atom is -0.356 e. The predicted octanol–water partition coefficient (Wildman–Crippen LogP) is 2.54. The predicted molar refractivity (Wildman–Crippen MR) is 104 cm³/mol. The van der Waals surface area contributed by atoms with Crippen molar-refractivity contribution in [1.29, 1.82) is 0 Å². The lowest BCUT2D eigenvalue weighted by Crippen LogP contribution is -2.47. The van der Waals surface area contributed by atoms with Crippen LogP contribution < -0.4 is 5.32 Å². The lowest BCUT2D eigenvalue weighted by Gasteiger charge is -2.31. The van der Waals surface area contributed by atoms with E-state index in [0.717, 1.165) is 56.7 Å². The normalized spacial score (nSPS) is 25.7. The van der Waals surface area contributed by atoms with Gasteiger partial charge in [-0.05, 0) is 37.8 Å². The van der Waals surface area contributed by atoms with Gasteiger partial charge in [0.1, 0.15) is 15.9 Å². The molecule has 1 aliphatic carbocycles. The lowest BCUT2D eigenvalue weighted by molar-refractivity contribution is -0.125. The summed E-state index contributed by atoms with van der Waals surface area (Å²) in [4.78, 5) is 12.9. The number of hydrogen-bond donors (Lipinski definition) is 1. The highest BCUT2D eigenvalue weighted by Gasteiger charge is 2.42. The fourth-order valence-corrected chi connectivity index (χ4v) is 6.74. The van der Waals surface area contributed by atoms with Crippen LogP contribution in [0.3, 0.4) is 0 Å². The molecule has 1 aromatic carbocycles. The summed E-state index contributed by atoms with van der Waals surface area (Å²) in [5.74, 6) is -0.279. The van der Waals surface area contributed by atoms with Gasteiger partial charge in [-0.25, -0.2) is 8.42 Å². The van der Waals surface area contributed by atoms with Crippen molar-refractivity contribution in [3.8, 4) is 0 Å². The summed E-state index contributed by atoms with van der Waals surface area (Å²) < 4.78 is 37.2. The molecule has 2 heterocycles. The SMILES string of the molecule is O=C1NCCCCCCN(S(=O)(=O)c2cccc3nsnc23)[C@H]2CCC[C@@H]12. The zero-order valence-electron chi connectivity index (χ0n) is 15.1. The van der Waals surface area contributed by atoms with Crippen molar-refractivity contribution in [2.24, 2.45) is 5.92 Å². The van der Waals surface area contributed by atoms with Crippen molar-refractivity contribution in [3.05, 3.63) is 18.2 Å². The van der Waals surface area contributed by atoms with Crippen LogP contribution >= 0.6 is 11.7 Å². The number of rotatable bonds is 2. The maximum absolute atomic E-state index is 13.6. The fourth-order valence-electron chi connectivity index (χ4n) is 4.26. The van der Waals surface area contributed by atoms with Crippen molar-refractivity contribution in [2.45, 2.75) is 55.9 Å². The van der Waals surface area contributed by atoms with Gasteiger partial charge in [0.15, 0.2) is 0 Å². The number of carbonyl (C=O) groups is 1. The zero-order valence-corrected chi connectivity index (χ0v) is 16.8. The Bertz CT molecular complexity index is 928. The van der Waals surface area contributed by atoms with Gasteiger partial charge in [-0.3, -0.25) is 4.79 Å². The van der Waals surface area contributed by atoms with Crippen LogP contribution in [0.15, 0.2) is 23.1 Å². The summed E-state index contributed by atoms with van der Waals surface area (Å²) in [6.45, 7) is 1.13. The molecule has 1 aliphatic heterocycles. The smallest absolute Gasteiger partial charge is 0.245 e. The van der Waals surface area contributed by atoms with Crippen molar-refractivity contribution in [3.63, 3.8) is 0 Å². The molecule has 2 aromatic rings. The summed E-state index contributed by atoms with van der Waals surface area (Å²) in [7, 11) is -3.76. The molecule has 0 unspecified atom stereocenters. The Labute approximate surface area is 163 Å². The van der Waals surface area contributed by atoms with E-state index in [4.69, 9.17) is 0 Å². The Morgan fingerprint density at radius 1 is 1.07 bits per heavy atom. The Balaban J connectivity index is 1.75. The quantitative estimate of drug-likeness (QED) is 0.824. The molecule has 1 saturated heterocycles. The first kappa shape index (κ1) is 18.8. The van der Waals surface area contributed by atoms with Crippen molar-refractivity contribution < 1.29 is 13.2 Å². The summed E-state index contributed by atoms with van der Waals surface area (Å²) in [6.07, 6.45) is 6.04. The molecule has 2 fully saturated rings. The second-order valence-electron chi connectivity index (χ2n) is 7.31. The van der Waals surface area contributed by atoms with Crippen molar-refractivity contribution >= 4 is 38.7 Å². The molecule has 0 radical (unpaired) electrons. The van der Waals surface area contributed by atoms with Gasteiger partial charge in [0.25, 0.3) is 0 Å². The lowest BCUT2D eigenvalue weighted by atomic mass is 10.0. The molecular formula is C18H24N4O3S2. The molecule has 2 aliphatic rings.